The molecule has 0 aliphatic carbocycles. The summed E-state index contributed by atoms with van der Waals surface area (Å²) in [5, 5.41) is 7.48. The minimum Gasteiger partial charge on any atom is -0.497 e. The summed E-state index contributed by atoms with van der Waals surface area (Å²) in [6.07, 6.45) is 1.04. The number of fused-ring (bicyclic) bond motifs is 1. The first-order valence-electron chi connectivity index (χ1n) is 7.03. The number of hydrogen-bond donors (Lipinski definition) is 1. The summed E-state index contributed by atoms with van der Waals surface area (Å²) in [6, 6.07) is 15.1. The molecule has 0 radical (unpaired) electrons. The van der Waals surface area contributed by atoms with Crippen molar-refractivity contribution in [2.24, 2.45) is 0 Å². The van der Waals surface area contributed by atoms with Crippen molar-refractivity contribution in [2.45, 2.75) is 12.8 Å². The van der Waals surface area contributed by atoms with Crippen LogP contribution in [-0.2, 0) is 11.2 Å². The maximum atomic E-state index is 12.0. The van der Waals surface area contributed by atoms with Crippen LogP contribution in [0.2, 0.25) is 0 Å². The van der Waals surface area contributed by atoms with Gasteiger partial charge >= 0.3 is 0 Å². The van der Waals surface area contributed by atoms with Crippen LogP contribution in [0.1, 0.15) is 12.0 Å². The lowest BCUT2D eigenvalue weighted by atomic mass is 10.1. The van der Waals surface area contributed by atoms with Crippen molar-refractivity contribution >= 4 is 22.7 Å². The Labute approximate surface area is 127 Å². The molecular weight excluding hydrogens is 280 g/mol. The van der Waals surface area contributed by atoms with E-state index in [-0.39, 0.29) is 5.91 Å². The first-order chi connectivity index (χ1) is 10.8. The number of anilines is 1. The third-order valence-electron chi connectivity index (χ3n) is 3.44. The third kappa shape index (κ3) is 3.09. The Kier molecular flexibility index (Phi) is 4.05. The van der Waals surface area contributed by atoms with E-state index in [1.54, 1.807) is 7.11 Å². The van der Waals surface area contributed by atoms with Crippen molar-refractivity contribution in [1.82, 2.24) is 5.16 Å². The molecule has 1 amide bonds. The number of carbonyl (C=O) groups excluding carboxylic acids is 1. The van der Waals surface area contributed by atoms with Crippen molar-refractivity contribution in [2.75, 3.05) is 12.4 Å². The molecular formula is C17H16N2O3. The standard InChI is InChI=1S/C17H16N2O3/c1-21-13-9-6-12(7-10-13)8-11-16(20)18-17-14-4-2-3-5-15(14)22-19-17/h2-7,9-10H,8,11H2,1H3,(H,18,19,20). The van der Waals surface area contributed by atoms with Gasteiger partial charge in [0.15, 0.2) is 11.4 Å². The van der Waals surface area contributed by atoms with Crippen molar-refractivity contribution in [3.63, 3.8) is 0 Å². The lowest BCUT2D eigenvalue weighted by molar-refractivity contribution is -0.116. The van der Waals surface area contributed by atoms with Gasteiger partial charge in [-0.1, -0.05) is 29.4 Å². The molecule has 1 N–H and O–H groups in total. The van der Waals surface area contributed by atoms with Gasteiger partial charge in [0, 0.05) is 6.42 Å². The topological polar surface area (TPSA) is 64.4 Å². The molecule has 0 atom stereocenters. The van der Waals surface area contributed by atoms with Crippen LogP contribution in [0.25, 0.3) is 11.0 Å². The van der Waals surface area contributed by atoms with Gasteiger partial charge in [0.25, 0.3) is 0 Å². The van der Waals surface area contributed by atoms with Gasteiger partial charge in [0.05, 0.1) is 12.5 Å². The van der Waals surface area contributed by atoms with Crippen LogP contribution in [0.4, 0.5) is 5.82 Å². The molecule has 0 saturated heterocycles. The minimum atomic E-state index is -0.0881. The minimum absolute atomic E-state index is 0.0881. The summed E-state index contributed by atoms with van der Waals surface area (Å²) < 4.78 is 10.3. The summed E-state index contributed by atoms with van der Waals surface area (Å²) in [4.78, 5) is 12.0. The largest absolute Gasteiger partial charge is 0.497 e. The second kappa shape index (κ2) is 6.30. The van der Waals surface area contributed by atoms with Crippen molar-refractivity contribution in [3.8, 4) is 5.75 Å². The van der Waals surface area contributed by atoms with E-state index in [0.717, 1.165) is 16.7 Å². The normalized spacial score (nSPS) is 10.6. The Morgan fingerprint density at radius 3 is 2.73 bits per heavy atom. The first kappa shape index (κ1) is 14.1. The molecule has 0 spiro atoms. The van der Waals surface area contributed by atoms with Crippen LogP contribution >= 0.6 is 0 Å². The zero-order valence-corrected chi connectivity index (χ0v) is 12.2. The van der Waals surface area contributed by atoms with Gasteiger partial charge in [-0.25, -0.2) is 0 Å². The van der Waals surface area contributed by atoms with Gasteiger partial charge in [0.2, 0.25) is 5.91 Å². The molecule has 22 heavy (non-hydrogen) atoms. The fourth-order valence-corrected chi connectivity index (χ4v) is 2.22. The van der Waals surface area contributed by atoms with E-state index >= 15 is 0 Å². The smallest absolute Gasteiger partial charge is 0.225 e. The highest BCUT2D eigenvalue weighted by molar-refractivity contribution is 5.98. The predicted molar refractivity (Wildman–Crippen MR) is 84.0 cm³/mol. The number of aromatic nitrogens is 1. The van der Waals surface area contributed by atoms with E-state index in [1.807, 2.05) is 48.5 Å². The number of carbonyl (C=O) groups is 1. The van der Waals surface area contributed by atoms with Crippen LogP contribution in [0.15, 0.2) is 53.1 Å². The monoisotopic (exact) mass is 296 g/mol. The maximum Gasteiger partial charge on any atom is 0.225 e. The fourth-order valence-electron chi connectivity index (χ4n) is 2.22. The number of nitrogens with one attached hydrogen (secondary N) is 1. The number of nitrogens with zero attached hydrogens (tertiary/aromatic N) is 1. The number of hydrogen-bond acceptors (Lipinski definition) is 4. The Hall–Kier alpha value is -2.82. The van der Waals surface area contributed by atoms with E-state index in [9.17, 15) is 4.79 Å². The summed E-state index contributed by atoms with van der Waals surface area (Å²) >= 11 is 0. The number of benzene rings is 2. The highest BCUT2D eigenvalue weighted by Gasteiger charge is 2.10. The van der Waals surface area contributed by atoms with Gasteiger partial charge < -0.3 is 14.6 Å². The molecule has 0 fully saturated rings. The molecule has 5 nitrogen and oxygen atoms in total. The second-order valence-electron chi connectivity index (χ2n) is 4.92. The van der Waals surface area contributed by atoms with Gasteiger partial charge in [-0.15, -0.1) is 0 Å². The Balaban J connectivity index is 1.60. The average Bonchev–Trinajstić information content (AvgIpc) is 2.97. The molecule has 1 heterocycles. The Morgan fingerprint density at radius 1 is 1.18 bits per heavy atom. The van der Waals surface area contributed by atoms with Crippen molar-refractivity contribution in [1.29, 1.82) is 0 Å². The molecule has 2 aromatic carbocycles. The maximum absolute atomic E-state index is 12.0. The number of para-hydroxylation sites is 1. The SMILES string of the molecule is COc1ccc(CCC(=O)Nc2noc3ccccc23)cc1. The zero-order valence-electron chi connectivity index (χ0n) is 12.2. The molecule has 0 bridgehead atoms. The van der Waals surface area contributed by atoms with Crippen LogP contribution in [-0.4, -0.2) is 18.2 Å². The molecule has 1 aromatic heterocycles. The highest BCUT2D eigenvalue weighted by Crippen LogP contribution is 2.22. The van der Waals surface area contributed by atoms with E-state index < -0.39 is 0 Å². The Bertz CT molecular complexity index is 778. The summed E-state index contributed by atoms with van der Waals surface area (Å²) in [5.74, 6) is 1.19. The van der Waals surface area contributed by atoms with Gasteiger partial charge in [-0.2, -0.15) is 0 Å². The van der Waals surface area contributed by atoms with Crippen LogP contribution in [0, 0.1) is 0 Å². The van der Waals surface area contributed by atoms with E-state index in [4.69, 9.17) is 9.26 Å². The van der Waals surface area contributed by atoms with Crippen molar-refractivity contribution in [3.05, 3.63) is 54.1 Å². The second-order valence-corrected chi connectivity index (χ2v) is 4.92. The summed E-state index contributed by atoms with van der Waals surface area (Å²) in [5.41, 5.74) is 1.74. The van der Waals surface area contributed by atoms with E-state index in [0.29, 0.717) is 24.2 Å². The lowest BCUT2D eigenvalue weighted by Crippen LogP contribution is -2.12. The third-order valence-corrected chi connectivity index (χ3v) is 3.44. The van der Waals surface area contributed by atoms with Crippen LogP contribution < -0.4 is 10.1 Å². The quantitative estimate of drug-likeness (QED) is 0.783. The number of methoxy groups -OCH3 is 1. The molecule has 0 aliphatic heterocycles. The molecule has 0 unspecified atom stereocenters. The molecule has 3 rings (SSSR count). The number of rotatable bonds is 5. The summed E-state index contributed by atoms with van der Waals surface area (Å²) in [7, 11) is 1.63. The summed E-state index contributed by atoms with van der Waals surface area (Å²) in [6.45, 7) is 0. The van der Waals surface area contributed by atoms with Gasteiger partial charge in [-0.3, -0.25) is 4.79 Å². The molecule has 0 aliphatic rings. The fraction of sp³-hybridized carbons (Fsp3) is 0.176. The Morgan fingerprint density at radius 2 is 1.95 bits per heavy atom. The number of ether oxygens (including phenoxy) is 1. The molecule has 3 aromatic rings. The molecule has 112 valence electrons. The lowest BCUT2D eigenvalue weighted by Gasteiger charge is -2.04. The predicted octanol–water partition coefficient (Wildman–Crippen LogP) is 3.41. The van der Waals surface area contributed by atoms with E-state index in [1.165, 1.54) is 0 Å². The zero-order chi connectivity index (χ0) is 15.4. The molecule has 5 heteroatoms. The van der Waals surface area contributed by atoms with Crippen LogP contribution in [0.3, 0.4) is 0 Å². The van der Waals surface area contributed by atoms with Crippen LogP contribution in [0.5, 0.6) is 5.75 Å². The van der Waals surface area contributed by atoms with Gasteiger partial charge in [0.1, 0.15) is 5.75 Å². The molecule has 0 saturated carbocycles. The number of aryl methyl sites for hydroxylation is 1. The number of amides is 1. The van der Waals surface area contributed by atoms with Gasteiger partial charge in [-0.05, 0) is 36.2 Å². The highest BCUT2D eigenvalue weighted by atomic mass is 16.5. The first-order valence-corrected chi connectivity index (χ1v) is 7.03. The van der Waals surface area contributed by atoms with E-state index in [2.05, 4.69) is 10.5 Å². The average molecular weight is 296 g/mol. The van der Waals surface area contributed by atoms with Crippen molar-refractivity contribution < 1.29 is 14.1 Å².